The summed E-state index contributed by atoms with van der Waals surface area (Å²) in [4.78, 5) is 0. The van der Waals surface area contributed by atoms with E-state index in [1.165, 1.54) is 0 Å². The fourth-order valence-electron chi connectivity index (χ4n) is 1.73. The van der Waals surface area contributed by atoms with Crippen molar-refractivity contribution in [2.45, 2.75) is 18.0 Å². The van der Waals surface area contributed by atoms with Crippen LogP contribution < -0.4 is 5.32 Å². The topological polar surface area (TPSA) is 54.3 Å². The summed E-state index contributed by atoms with van der Waals surface area (Å²) in [6.45, 7) is 2.61. The Morgan fingerprint density at radius 3 is 2.92 bits per heavy atom. The molecule has 0 aromatic heterocycles. The van der Waals surface area contributed by atoms with E-state index in [0.717, 1.165) is 13.0 Å². The van der Waals surface area contributed by atoms with E-state index in [4.69, 9.17) is 14.7 Å². The van der Waals surface area contributed by atoms with Crippen molar-refractivity contribution in [3.05, 3.63) is 0 Å². The highest BCUT2D eigenvalue weighted by molar-refractivity contribution is 5.03. The predicted molar refractivity (Wildman–Crippen MR) is 41.5 cm³/mol. The van der Waals surface area contributed by atoms with E-state index in [0.29, 0.717) is 19.8 Å². The molecule has 4 heteroatoms. The van der Waals surface area contributed by atoms with Crippen LogP contribution in [0.5, 0.6) is 0 Å². The maximum Gasteiger partial charge on any atom is 0.119 e. The van der Waals surface area contributed by atoms with Crippen molar-refractivity contribution in [2.75, 3.05) is 26.4 Å². The lowest BCUT2D eigenvalue weighted by Crippen LogP contribution is -2.59. The highest BCUT2D eigenvalue weighted by Crippen LogP contribution is 2.22. The lowest BCUT2D eigenvalue weighted by molar-refractivity contribution is 0.00654. The van der Waals surface area contributed by atoms with Crippen LogP contribution in [0.3, 0.4) is 0 Å². The molecule has 2 atom stereocenters. The molecule has 0 bridgehead atoms. The van der Waals surface area contributed by atoms with Crippen molar-refractivity contribution in [2.24, 2.45) is 0 Å². The van der Waals surface area contributed by atoms with Gasteiger partial charge in [-0.05, 0) is 6.42 Å². The quantitative estimate of drug-likeness (QED) is 0.537. The van der Waals surface area contributed by atoms with Crippen LogP contribution in [0.2, 0.25) is 0 Å². The monoisotopic (exact) mass is 168 g/mol. The standard InChI is InChI=1S/C8H12N2O2/c9-3-7-4-12-6-8(10-7)1-2-11-5-8/h7,10H,1-2,4-6H2. The van der Waals surface area contributed by atoms with Crippen LogP contribution in [0.25, 0.3) is 0 Å². The van der Waals surface area contributed by atoms with Crippen LogP contribution in [-0.4, -0.2) is 38.0 Å². The average molecular weight is 168 g/mol. The number of morpholine rings is 1. The second-order valence-corrected chi connectivity index (χ2v) is 3.42. The first kappa shape index (κ1) is 7.99. The summed E-state index contributed by atoms with van der Waals surface area (Å²) in [7, 11) is 0. The first-order chi connectivity index (χ1) is 5.85. The molecule has 66 valence electrons. The van der Waals surface area contributed by atoms with Crippen LogP contribution in [0, 0.1) is 11.3 Å². The second-order valence-electron chi connectivity index (χ2n) is 3.42. The Morgan fingerprint density at radius 1 is 1.42 bits per heavy atom. The molecule has 1 spiro atoms. The van der Waals surface area contributed by atoms with Gasteiger partial charge in [-0.25, -0.2) is 0 Å². The summed E-state index contributed by atoms with van der Waals surface area (Å²) < 4.78 is 10.6. The molecule has 0 amide bonds. The SMILES string of the molecule is N#CC1COCC2(CCOC2)N1. The van der Waals surface area contributed by atoms with Crippen molar-refractivity contribution in [1.82, 2.24) is 5.32 Å². The normalized spacial score (nSPS) is 41.4. The summed E-state index contributed by atoms with van der Waals surface area (Å²) in [5.74, 6) is 0. The Morgan fingerprint density at radius 2 is 2.25 bits per heavy atom. The number of nitrogens with zero attached hydrogens (tertiary/aromatic N) is 1. The minimum atomic E-state index is -0.166. The molecule has 2 rings (SSSR count). The molecule has 12 heavy (non-hydrogen) atoms. The Kier molecular flexibility index (Phi) is 2.01. The molecule has 0 radical (unpaired) electrons. The summed E-state index contributed by atoms with van der Waals surface area (Å²) in [6.07, 6.45) is 0.950. The first-order valence-electron chi connectivity index (χ1n) is 4.17. The second kappa shape index (κ2) is 3.02. The third-order valence-corrected chi connectivity index (χ3v) is 2.40. The zero-order chi connectivity index (χ0) is 8.44. The summed E-state index contributed by atoms with van der Waals surface area (Å²) in [5.41, 5.74) is -0.0708. The Hall–Kier alpha value is -0.630. The van der Waals surface area contributed by atoms with Crippen molar-refractivity contribution < 1.29 is 9.47 Å². The molecule has 2 fully saturated rings. The summed E-state index contributed by atoms with van der Waals surface area (Å²) in [6, 6.07) is 2.00. The number of nitrogens with one attached hydrogen (secondary N) is 1. The van der Waals surface area contributed by atoms with Crippen molar-refractivity contribution in [3.63, 3.8) is 0 Å². The Balaban J connectivity index is 2.02. The molecule has 2 aliphatic heterocycles. The number of ether oxygens (including phenoxy) is 2. The molecule has 4 nitrogen and oxygen atoms in total. The molecule has 2 heterocycles. The predicted octanol–water partition coefficient (Wildman–Crippen LogP) is -0.343. The van der Waals surface area contributed by atoms with Gasteiger partial charge in [0.05, 0.1) is 31.4 Å². The molecule has 0 aliphatic carbocycles. The lowest BCUT2D eigenvalue weighted by Gasteiger charge is -2.35. The van der Waals surface area contributed by atoms with Gasteiger partial charge in [-0.2, -0.15) is 5.26 Å². The van der Waals surface area contributed by atoms with E-state index in [1.807, 2.05) is 0 Å². The van der Waals surface area contributed by atoms with E-state index in [9.17, 15) is 0 Å². The molecule has 0 aromatic rings. The van der Waals surface area contributed by atoms with Gasteiger partial charge in [0.1, 0.15) is 6.04 Å². The van der Waals surface area contributed by atoms with Crippen LogP contribution in [-0.2, 0) is 9.47 Å². The van der Waals surface area contributed by atoms with E-state index in [2.05, 4.69) is 11.4 Å². The average Bonchev–Trinajstić information content (AvgIpc) is 2.53. The number of hydrogen-bond donors (Lipinski definition) is 1. The minimum absolute atomic E-state index is 0.0708. The van der Waals surface area contributed by atoms with Crippen molar-refractivity contribution in [3.8, 4) is 6.07 Å². The van der Waals surface area contributed by atoms with Crippen LogP contribution in [0.1, 0.15) is 6.42 Å². The van der Waals surface area contributed by atoms with Gasteiger partial charge in [0, 0.05) is 6.61 Å². The third-order valence-electron chi connectivity index (χ3n) is 2.40. The number of rotatable bonds is 0. The smallest absolute Gasteiger partial charge is 0.119 e. The van der Waals surface area contributed by atoms with Gasteiger partial charge in [-0.1, -0.05) is 0 Å². The third kappa shape index (κ3) is 1.31. The Labute approximate surface area is 71.5 Å². The van der Waals surface area contributed by atoms with Gasteiger partial charge < -0.3 is 9.47 Å². The summed E-state index contributed by atoms with van der Waals surface area (Å²) in [5, 5.41) is 12.0. The highest BCUT2D eigenvalue weighted by atomic mass is 16.5. The van der Waals surface area contributed by atoms with Gasteiger partial charge in [0.25, 0.3) is 0 Å². The van der Waals surface area contributed by atoms with E-state index >= 15 is 0 Å². The van der Waals surface area contributed by atoms with E-state index in [-0.39, 0.29) is 11.6 Å². The molecule has 1 N–H and O–H groups in total. The van der Waals surface area contributed by atoms with Crippen molar-refractivity contribution >= 4 is 0 Å². The fraction of sp³-hybridized carbons (Fsp3) is 0.875. The fourth-order valence-corrected chi connectivity index (χ4v) is 1.73. The largest absolute Gasteiger partial charge is 0.379 e. The number of hydrogen-bond acceptors (Lipinski definition) is 4. The zero-order valence-electron chi connectivity index (χ0n) is 6.88. The van der Waals surface area contributed by atoms with Gasteiger partial charge in [-0.15, -0.1) is 0 Å². The minimum Gasteiger partial charge on any atom is -0.379 e. The molecule has 2 aliphatic rings. The molecule has 0 aromatic carbocycles. The molecule has 0 saturated carbocycles. The lowest BCUT2D eigenvalue weighted by atomic mass is 9.97. The first-order valence-corrected chi connectivity index (χ1v) is 4.17. The highest BCUT2D eigenvalue weighted by Gasteiger charge is 2.39. The van der Waals surface area contributed by atoms with Gasteiger partial charge in [0.2, 0.25) is 0 Å². The van der Waals surface area contributed by atoms with Gasteiger partial charge >= 0.3 is 0 Å². The molecular formula is C8H12N2O2. The van der Waals surface area contributed by atoms with Crippen molar-refractivity contribution in [1.29, 1.82) is 5.26 Å². The Bertz CT molecular complexity index is 206. The summed E-state index contributed by atoms with van der Waals surface area (Å²) >= 11 is 0. The van der Waals surface area contributed by atoms with E-state index < -0.39 is 0 Å². The van der Waals surface area contributed by atoms with E-state index in [1.54, 1.807) is 0 Å². The molecule has 2 unspecified atom stereocenters. The van der Waals surface area contributed by atoms with Crippen LogP contribution >= 0.6 is 0 Å². The molecule has 2 saturated heterocycles. The van der Waals surface area contributed by atoms with Crippen LogP contribution in [0.15, 0.2) is 0 Å². The van der Waals surface area contributed by atoms with Crippen LogP contribution in [0.4, 0.5) is 0 Å². The maximum absolute atomic E-state index is 8.70. The van der Waals surface area contributed by atoms with Gasteiger partial charge in [-0.3, -0.25) is 5.32 Å². The zero-order valence-corrected chi connectivity index (χ0v) is 6.88. The maximum atomic E-state index is 8.70. The number of nitriles is 1. The molecular weight excluding hydrogens is 156 g/mol. The van der Waals surface area contributed by atoms with Gasteiger partial charge in [0.15, 0.2) is 0 Å².